The molecule has 0 saturated carbocycles. The molecule has 1 aromatic carbocycles. The van der Waals surface area contributed by atoms with Crippen molar-refractivity contribution in [2.24, 2.45) is 0 Å². The molecule has 2 N–H and O–H groups in total. The van der Waals surface area contributed by atoms with E-state index in [1.807, 2.05) is 0 Å². The van der Waals surface area contributed by atoms with Crippen LogP contribution in [0.5, 0.6) is 11.5 Å². The fourth-order valence-electron chi connectivity index (χ4n) is 0.609. The summed E-state index contributed by atoms with van der Waals surface area (Å²) < 4.78 is 0.946. The normalized spacial score (nSPS) is 10.3. The van der Waals surface area contributed by atoms with E-state index in [-0.39, 0.29) is 21.0 Å². The first-order chi connectivity index (χ1) is 5.46. The molecule has 66 valence electrons. The van der Waals surface area contributed by atoms with Crippen LogP contribution in [0.2, 0.25) is 5.02 Å². The molecule has 0 aliphatic rings. The standard InChI is InChI=1S/C6H2Br3ClO2/c7-1-2(8)6(12)4(10)3(9)5(1)11/h11-12H. The minimum atomic E-state index is -0.117. The topological polar surface area (TPSA) is 40.5 Å². The third kappa shape index (κ3) is 1.60. The predicted octanol–water partition coefficient (Wildman–Crippen LogP) is 4.04. The van der Waals surface area contributed by atoms with Gasteiger partial charge in [-0.05, 0) is 47.8 Å². The molecule has 6 heteroatoms. The van der Waals surface area contributed by atoms with E-state index in [1.54, 1.807) is 0 Å². The SMILES string of the molecule is Oc1c(Cl)c(Br)c(O)c(Br)c1Br. The third-order valence-electron chi connectivity index (χ3n) is 1.22. The van der Waals surface area contributed by atoms with E-state index in [2.05, 4.69) is 47.8 Å². The Kier molecular flexibility index (Phi) is 3.31. The van der Waals surface area contributed by atoms with E-state index in [0.29, 0.717) is 8.95 Å². The number of rotatable bonds is 0. The molecule has 0 radical (unpaired) electrons. The predicted molar refractivity (Wildman–Crippen MR) is 57.9 cm³/mol. The number of hydrogen-bond donors (Lipinski definition) is 2. The maximum Gasteiger partial charge on any atom is 0.150 e. The van der Waals surface area contributed by atoms with Crippen LogP contribution in [0.1, 0.15) is 0 Å². The summed E-state index contributed by atoms with van der Waals surface area (Å²) in [5, 5.41) is 18.8. The summed E-state index contributed by atoms with van der Waals surface area (Å²) in [5.41, 5.74) is 0. The van der Waals surface area contributed by atoms with Crippen LogP contribution in [0.25, 0.3) is 0 Å². The molecule has 2 nitrogen and oxygen atoms in total. The van der Waals surface area contributed by atoms with E-state index >= 15 is 0 Å². The minimum absolute atomic E-state index is 0.0512. The van der Waals surface area contributed by atoms with Gasteiger partial charge in [0.15, 0.2) is 5.75 Å². The van der Waals surface area contributed by atoms with Gasteiger partial charge in [0.05, 0.1) is 13.4 Å². The molecule has 0 aromatic heterocycles. The summed E-state index contributed by atoms with van der Waals surface area (Å²) in [6.07, 6.45) is 0. The van der Waals surface area contributed by atoms with E-state index in [1.165, 1.54) is 0 Å². The Labute approximate surface area is 98.9 Å². The quantitative estimate of drug-likeness (QED) is 0.526. The van der Waals surface area contributed by atoms with Gasteiger partial charge in [-0.25, -0.2) is 0 Å². The molecule has 0 aliphatic heterocycles. The average molecular weight is 381 g/mol. The summed E-state index contributed by atoms with van der Waals surface area (Å²) >= 11 is 14.8. The summed E-state index contributed by atoms with van der Waals surface area (Å²) in [4.78, 5) is 0. The molecule has 0 fully saturated rings. The summed E-state index contributed by atoms with van der Waals surface area (Å²) in [6.45, 7) is 0. The highest BCUT2D eigenvalue weighted by atomic mass is 79.9. The van der Waals surface area contributed by atoms with Gasteiger partial charge >= 0.3 is 0 Å². The fraction of sp³-hybridized carbons (Fsp3) is 0. The van der Waals surface area contributed by atoms with E-state index in [0.717, 1.165) is 0 Å². The van der Waals surface area contributed by atoms with Gasteiger partial charge in [0.1, 0.15) is 10.8 Å². The molecule has 0 spiro atoms. The lowest BCUT2D eigenvalue weighted by Gasteiger charge is -2.07. The zero-order valence-electron chi connectivity index (χ0n) is 5.41. The van der Waals surface area contributed by atoms with Crippen LogP contribution < -0.4 is 0 Å². The van der Waals surface area contributed by atoms with E-state index < -0.39 is 0 Å². The number of halogens is 4. The van der Waals surface area contributed by atoms with E-state index in [4.69, 9.17) is 11.6 Å². The zero-order chi connectivity index (χ0) is 9.46. The fourth-order valence-corrected chi connectivity index (χ4v) is 2.33. The molecule has 0 heterocycles. The molecular weight excluding hydrogens is 379 g/mol. The van der Waals surface area contributed by atoms with Crippen molar-refractivity contribution >= 4 is 59.4 Å². The van der Waals surface area contributed by atoms with Gasteiger partial charge in [0.25, 0.3) is 0 Å². The smallest absolute Gasteiger partial charge is 0.150 e. The number of hydrogen-bond acceptors (Lipinski definition) is 2. The Bertz CT molecular complexity index is 235. The second kappa shape index (κ2) is 3.74. The van der Waals surface area contributed by atoms with Crippen molar-refractivity contribution in [2.75, 3.05) is 0 Å². The van der Waals surface area contributed by atoms with E-state index in [9.17, 15) is 10.2 Å². The molecule has 1 aromatic rings. The van der Waals surface area contributed by atoms with Crippen LogP contribution in [0, 0.1) is 0 Å². The van der Waals surface area contributed by atoms with Crippen LogP contribution in [0.4, 0.5) is 0 Å². The lowest BCUT2D eigenvalue weighted by Crippen LogP contribution is -1.79. The van der Waals surface area contributed by atoms with Gasteiger partial charge in [-0.1, -0.05) is 11.6 Å². The summed E-state index contributed by atoms with van der Waals surface area (Å²) in [5.74, 6) is -0.169. The van der Waals surface area contributed by atoms with Crippen molar-refractivity contribution in [3.63, 3.8) is 0 Å². The molecular formula is C6H2Br3ClO2. The van der Waals surface area contributed by atoms with Crippen molar-refractivity contribution in [1.82, 2.24) is 0 Å². The van der Waals surface area contributed by atoms with Crippen LogP contribution in [-0.4, -0.2) is 10.2 Å². The number of phenols is 2. The van der Waals surface area contributed by atoms with Crippen LogP contribution in [-0.2, 0) is 0 Å². The second-order valence-corrected chi connectivity index (χ2v) is 4.71. The maximum atomic E-state index is 9.37. The summed E-state index contributed by atoms with van der Waals surface area (Å²) in [6, 6.07) is 0. The number of aromatic hydroxyl groups is 2. The van der Waals surface area contributed by atoms with Gasteiger partial charge < -0.3 is 10.2 Å². The molecule has 1 rings (SSSR count). The molecule has 0 bridgehead atoms. The van der Waals surface area contributed by atoms with Crippen molar-refractivity contribution in [3.8, 4) is 11.5 Å². The first-order valence-electron chi connectivity index (χ1n) is 2.70. The first kappa shape index (κ1) is 10.6. The Hall–Kier alpha value is 0.550. The lowest BCUT2D eigenvalue weighted by atomic mass is 10.3. The average Bonchev–Trinajstić information content (AvgIpc) is 2.08. The number of phenolic OH excluding ortho intramolecular Hbond substituents is 2. The molecule has 12 heavy (non-hydrogen) atoms. The minimum Gasteiger partial charge on any atom is -0.505 e. The molecule has 0 amide bonds. The highest BCUT2D eigenvalue weighted by Gasteiger charge is 2.17. The van der Waals surface area contributed by atoms with Gasteiger partial charge in [-0.2, -0.15) is 0 Å². The Balaban J connectivity index is 3.60. The van der Waals surface area contributed by atoms with Crippen LogP contribution in [0.15, 0.2) is 13.4 Å². The maximum absolute atomic E-state index is 9.37. The zero-order valence-corrected chi connectivity index (χ0v) is 10.9. The summed E-state index contributed by atoms with van der Waals surface area (Å²) in [7, 11) is 0. The van der Waals surface area contributed by atoms with Crippen LogP contribution in [0.3, 0.4) is 0 Å². The largest absolute Gasteiger partial charge is 0.505 e. The third-order valence-corrected chi connectivity index (χ3v) is 4.66. The Morgan fingerprint density at radius 3 is 1.75 bits per heavy atom. The van der Waals surface area contributed by atoms with Gasteiger partial charge in [0, 0.05) is 0 Å². The van der Waals surface area contributed by atoms with Gasteiger partial charge in [0.2, 0.25) is 0 Å². The molecule has 0 aliphatic carbocycles. The highest BCUT2D eigenvalue weighted by Crippen LogP contribution is 2.48. The van der Waals surface area contributed by atoms with Crippen molar-refractivity contribution in [1.29, 1.82) is 0 Å². The molecule has 0 atom stereocenters. The van der Waals surface area contributed by atoms with Crippen LogP contribution >= 0.6 is 59.4 Å². The monoisotopic (exact) mass is 378 g/mol. The highest BCUT2D eigenvalue weighted by molar-refractivity contribution is 9.13. The molecule has 0 unspecified atom stereocenters. The van der Waals surface area contributed by atoms with Gasteiger partial charge in [-0.15, -0.1) is 0 Å². The first-order valence-corrected chi connectivity index (χ1v) is 5.46. The van der Waals surface area contributed by atoms with Crippen molar-refractivity contribution < 1.29 is 10.2 Å². The molecule has 0 saturated heterocycles. The second-order valence-electron chi connectivity index (χ2n) is 1.95. The Morgan fingerprint density at radius 1 is 0.833 bits per heavy atom. The lowest BCUT2D eigenvalue weighted by molar-refractivity contribution is 0.451. The van der Waals surface area contributed by atoms with Gasteiger partial charge in [-0.3, -0.25) is 0 Å². The Morgan fingerprint density at radius 2 is 1.25 bits per heavy atom. The number of benzene rings is 1. The van der Waals surface area contributed by atoms with Crippen molar-refractivity contribution in [3.05, 3.63) is 18.4 Å². The van der Waals surface area contributed by atoms with Crippen molar-refractivity contribution in [2.45, 2.75) is 0 Å².